The quantitative estimate of drug-likeness (QED) is 0.398. The van der Waals surface area contributed by atoms with Gasteiger partial charge in [-0.05, 0) is 69.5 Å². The lowest BCUT2D eigenvalue weighted by Crippen LogP contribution is -2.42. The van der Waals surface area contributed by atoms with Crippen LogP contribution < -0.4 is 5.73 Å². The first kappa shape index (κ1) is 31.2. The second kappa shape index (κ2) is 12.4. The largest absolute Gasteiger partial charge is 0.444 e. The molecule has 12 heteroatoms. The Bertz CT molecular complexity index is 1330. The van der Waals surface area contributed by atoms with Crippen molar-refractivity contribution in [1.82, 2.24) is 14.1 Å². The Morgan fingerprint density at radius 1 is 1.23 bits per heavy atom. The Hall–Kier alpha value is -2.34. The molecule has 214 valence electrons. The normalized spacial score (nSPS) is 16.2. The molecule has 1 atom stereocenters. The van der Waals surface area contributed by atoms with Gasteiger partial charge in [0.15, 0.2) is 0 Å². The molecule has 2 aromatic carbocycles. The van der Waals surface area contributed by atoms with E-state index in [0.717, 1.165) is 22.8 Å². The number of anilines is 1. The van der Waals surface area contributed by atoms with Crippen LogP contribution in [0.25, 0.3) is 0 Å². The van der Waals surface area contributed by atoms with Gasteiger partial charge >= 0.3 is 6.09 Å². The molecule has 9 nitrogen and oxygen atoms in total. The van der Waals surface area contributed by atoms with Gasteiger partial charge in [0.05, 0.1) is 17.9 Å². The number of hydrogen-bond donors (Lipinski definition) is 1. The van der Waals surface area contributed by atoms with Crippen LogP contribution in [0.3, 0.4) is 0 Å². The summed E-state index contributed by atoms with van der Waals surface area (Å²) in [5.41, 5.74) is 7.45. The number of benzene rings is 2. The Morgan fingerprint density at radius 3 is 2.54 bits per heavy atom. The number of likely N-dealkylation sites (tertiary alicyclic amines) is 1. The zero-order valence-corrected chi connectivity index (χ0v) is 26.1. The molecule has 1 aliphatic rings. The van der Waals surface area contributed by atoms with Crippen molar-refractivity contribution in [1.29, 1.82) is 0 Å². The molecule has 2 aromatic rings. The van der Waals surface area contributed by atoms with E-state index in [1.165, 1.54) is 6.92 Å². The van der Waals surface area contributed by atoms with Gasteiger partial charge in [-0.1, -0.05) is 39.7 Å². The van der Waals surface area contributed by atoms with Crippen molar-refractivity contribution in [2.75, 3.05) is 31.6 Å². The third-order valence-corrected chi connectivity index (χ3v) is 9.13. The molecule has 0 bridgehead atoms. The topological polar surface area (TPSA) is 113 Å². The van der Waals surface area contributed by atoms with Crippen LogP contribution in [-0.2, 0) is 27.8 Å². The third-order valence-electron chi connectivity index (χ3n) is 6.46. The second-order valence-corrected chi connectivity index (χ2v) is 14.1. The van der Waals surface area contributed by atoms with E-state index < -0.39 is 21.5 Å². The van der Waals surface area contributed by atoms with E-state index in [-0.39, 0.29) is 35.7 Å². The van der Waals surface area contributed by atoms with Gasteiger partial charge in [0.2, 0.25) is 10.0 Å². The number of carbonyl (C=O) groups excluding carboxylic acids is 2. The number of ether oxygens (including phenoxy) is 1. The fraction of sp³-hybridized carbons (Fsp3) is 0.481. The van der Waals surface area contributed by atoms with Crippen LogP contribution in [0, 0.1) is 0 Å². The summed E-state index contributed by atoms with van der Waals surface area (Å²) in [6.07, 6.45) is 0.444. The summed E-state index contributed by atoms with van der Waals surface area (Å²) < 4.78 is 32.7. The Labute approximate surface area is 244 Å². The summed E-state index contributed by atoms with van der Waals surface area (Å²) in [6, 6.07) is 9.99. The van der Waals surface area contributed by atoms with Crippen LogP contribution in [-0.4, -0.2) is 72.1 Å². The van der Waals surface area contributed by atoms with Crippen molar-refractivity contribution in [3.05, 3.63) is 62.6 Å². The standard InChI is InChI=1S/C27H36BrClN4O5S/c1-6-39(36,37)33(15-18-8-7-9-20(29)12-18)25(34)22-14-23(28)19(13-24(22)30)16-32-11-10-21(17-32)31(5)26(35)38-27(2,3)4/h7-9,12-14,21H,6,10-11,15-17,30H2,1-5H3. The number of nitrogens with zero attached hydrogens (tertiary/aromatic N) is 3. The van der Waals surface area contributed by atoms with E-state index in [0.29, 0.717) is 28.1 Å². The minimum atomic E-state index is -3.89. The molecule has 1 aliphatic heterocycles. The highest BCUT2D eigenvalue weighted by Crippen LogP contribution is 2.29. The smallest absolute Gasteiger partial charge is 0.410 e. The van der Waals surface area contributed by atoms with Gasteiger partial charge in [0, 0.05) is 47.9 Å². The molecule has 0 spiro atoms. The summed E-state index contributed by atoms with van der Waals surface area (Å²) >= 11 is 9.61. The molecule has 39 heavy (non-hydrogen) atoms. The first-order valence-corrected chi connectivity index (χ1v) is 15.4. The SMILES string of the molecule is CCS(=O)(=O)N(Cc1cccc(Cl)c1)C(=O)c1cc(Br)c(CN2CCC(N(C)C(=O)OC(C)(C)C)C2)cc1N. The van der Waals surface area contributed by atoms with E-state index in [2.05, 4.69) is 20.8 Å². The van der Waals surface area contributed by atoms with E-state index >= 15 is 0 Å². The van der Waals surface area contributed by atoms with Crippen LogP contribution in [0.5, 0.6) is 0 Å². The van der Waals surface area contributed by atoms with Gasteiger partial charge in [-0.3, -0.25) is 9.69 Å². The predicted octanol–water partition coefficient (Wildman–Crippen LogP) is 5.12. The van der Waals surface area contributed by atoms with Gasteiger partial charge in [0.25, 0.3) is 5.91 Å². The monoisotopic (exact) mass is 642 g/mol. The first-order chi connectivity index (χ1) is 18.1. The number of rotatable bonds is 8. The summed E-state index contributed by atoms with van der Waals surface area (Å²) in [7, 11) is -2.14. The first-order valence-electron chi connectivity index (χ1n) is 12.7. The summed E-state index contributed by atoms with van der Waals surface area (Å²) in [6.45, 7) is 8.81. The van der Waals surface area contributed by atoms with Crippen LogP contribution in [0.1, 0.15) is 55.6 Å². The molecule has 0 aliphatic carbocycles. The fourth-order valence-corrected chi connectivity index (χ4v) is 6.02. The Morgan fingerprint density at radius 2 is 1.92 bits per heavy atom. The van der Waals surface area contributed by atoms with Gasteiger partial charge in [0.1, 0.15) is 5.60 Å². The maximum atomic E-state index is 13.5. The zero-order valence-electron chi connectivity index (χ0n) is 22.9. The van der Waals surface area contributed by atoms with Crippen molar-refractivity contribution in [3.8, 4) is 0 Å². The minimum Gasteiger partial charge on any atom is -0.444 e. The number of amides is 2. The molecule has 1 fully saturated rings. The van der Waals surface area contributed by atoms with Crippen molar-refractivity contribution >= 4 is 55.2 Å². The van der Waals surface area contributed by atoms with Crippen LogP contribution >= 0.6 is 27.5 Å². The molecule has 0 radical (unpaired) electrons. The molecule has 0 saturated carbocycles. The lowest BCUT2D eigenvalue weighted by atomic mass is 10.1. The Kier molecular flexibility index (Phi) is 9.96. The maximum Gasteiger partial charge on any atom is 0.410 e. The van der Waals surface area contributed by atoms with Crippen molar-refractivity contribution in [3.63, 3.8) is 0 Å². The second-order valence-electron chi connectivity index (χ2n) is 10.6. The highest BCUT2D eigenvalue weighted by Gasteiger charge is 2.32. The average Bonchev–Trinajstić information content (AvgIpc) is 3.31. The van der Waals surface area contributed by atoms with Crippen molar-refractivity contribution < 1.29 is 22.7 Å². The van der Waals surface area contributed by atoms with Crippen molar-refractivity contribution in [2.24, 2.45) is 0 Å². The highest BCUT2D eigenvalue weighted by atomic mass is 79.9. The fourth-order valence-electron chi connectivity index (χ4n) is 4.33. The number of carbonyl (C=O) groups is 2. The van der Waals surface area contributed by atoms with E-state index in [9.17, 15) is 18.0 Å². The number of sulfonamides is 1. The number of nitrogen functional groups attached to an aromatic ring is 1. The molecule has 2 amide bonds. The summed E-state index contributed by atoms with van der Waals surface area (Å²) in [5.74, 6) is -0.950. The molecular formula is C27H36BrClN4O5S. The van der Waals surface area contributed by atoms with Crippen LogP contribution in [0.2, 0.25) is 5.02 Å². The van der Waals surface area contributed by atoms with Crippen LogP contribution in [0.15, 0.2) is 40.9 Å². The molecule has 1 unspecified atom stereocenters. The number of likely N-dealkylation sites (N-methyl/N-ethyl adjacent to an activating group) is 1. The van der Waals surface area contributed by atoms with E-state index in [1.807, 2.05) is 20.8 Å². The van der Waals surface area contributed by atoms with Gasteiger partial charge in [-0.2, -0.15) is 0 Å². The van der Waals surface area contributed by atoms with E-state index in [4.69, 9.17) is 22.1 Å². The molecule has 0 aromatic heterocycles. The zero-order chi connectivity index (χ0) is 29.1. The number of hydrogen-bond acceptors (Lipinski definition) is 7. The number of nitrogens with two attached hydrogens (primary N) is 1. The van der Waals surface area contributed by atoms with Crippen LogP contribution in [0.4, 0.5) is 10.5 Å². The Balaban J connectivity index is 1.77. The van der Waals surface area contributed by atoms with E-state index in [1.54, 1.807) is 48.3 Å². The molecule has 3 rings (SSSR count). The number of halogens is 2. The van der Waals surface area contributed by atoms with Crippen molar-refractivity contribution in [2.45, 2.75) is 58.8 Å². The van der Waals surface area contributed by atoms with Gasteiger partial charge in [-0.25, -0.2) is 17.5 Å². The highest BCUT2D eigenvalue weighted by molar-refractivity contribution is 9.10. The lowest BCUT2D eigenvalue weighted by molar-refractivity contribution is 0.0228. The predicted molar refractivity (Wildman–Crippen MR) is 157 cm³/mol. The lowest BCUT2D eigenvalue weighted by Gasteiger charge is -2.28. The average molecular weight is 644 g/mol. The van der Waals surface area contributed by atoms with Gasteiger partial charge in [-0.15, -0.1) is 0 Å². The molecule has 1 saturated heterocycles. The third kappa shape index (κ3) is 8.09. The minimum absolute atomic E-state index is 0.0103. The van der Waals surface area contributed by atoms with Gasteiger partial charge < -0.3 is 15.4 Å². The molecule has 2 N–H and O–H groups in total. The summed E-state index contributed by atoms with van der Waals surface area (Å²) in [5, 5.41) is 0.446. The summed E-state index contributed by atoms with van der Waals surface area (Å²) in [4.78, 5) is 29.8. The molecule has 1 heterocycles. The molecular weight excluding hydrogens is 608 g/mol. The maximum absolute atomic E-state index is 13.5.